The summed E-state index contributed by atoms with van der Waals surface area (Å²) in [7, 11) is -2.64. The predicted octanol–water partition coefficient (Wildman–Crippen LogP) is 11.2. The van der Waals surface area contributed by atoms with Crippen LogP contribution in [0.2, 0.25) is 0 Å². The maximum atomic E-state index is 6.37. The van der Waals surface area contributed by atoms with Crippen molar-refractivity contribution in [3.8, 4) is 11.1 Å². The van der Waals surface area contributed by atoms with E-state index in [-0.39, 0.29) is 6.04 Å². The second-order valence-electron chi connectivity index (χ2n) is 14.8. The Morgan fingerprint density at radius 2 is 0.947 bits per heavy atom. The molecular weight excluding hydrogens is 707 g/mol. The molecule has 0 aliphatic heterocycles. The lowest BCUT2D eigenvalue weighted by atomic mass is 9.95. The second kappa shape index (κ2) is 14.9. The summed E-state index contributed by atoms with van der Waals surface area (Å²) in [5.41, 5.74) is 8.98. The van der Waals surface area contributed by atoms with Crippen molar-refractivity contribution in [2.75, 3.05) is 4.90 Å². The third-order valence-corrected chi connectivity index (χ3v) is 16.3. The number of nitrogens with zero attached hydrogens (tertiary/aromatic N) is 1. The van der Waals surface area contributed by atoms with E-state index in [0.717, 1.165) is 39.7 Å². The Hall–Kier alpha value is -6.94. The fourth-order valence-corrected chi connectivity index (χ4v) is 13.7. The zero-order valence-electron chi connectivity index (χ0n) is 31.6. The molecule has 0 N–H and O–H groups in total. The summed E-state index contributed by atoms with van der Waals surface area (Å²) >= 11 is 0. The third kappa shape index (κ3) is 6.32. The number of para-hydroxylation sites is 1. The Morgan fingerprint density at radius 1 is 0.421 bits per heavy atom. The average Bonchev–Trinajstić information content (AvgIpc) is 3.66. The van der Waals surface area contributed by atoms with E-state index in [1.54, 1.807) is 0 Å². The average molecular weight is 748 g/mol. The Bertz CT molecular complexity index is 2770. The molecule has 0 bridgehead atoms. The van der Waals surface area contributed by atoms with Crippen LogP contribution >= 0.6 is 0 Å². The molecule has 0 fully saturated rings. The summed E-state index contributed by atoms with van der Waals surface area (Å²) in [4.78, 5) is 2.47. The maximum Gasteiger partial charge on any atom is 0.179 e. The Labute approximate surface area is 335 Å². The largest absolute Gasteiger partial charge is 0.456 e. The molecule has 1 aliphatic carbocycles. The first-order valence-electron chi connectivity index (χ1n) is 19.8. The van der Waals surface area contributed by atoms with Gasteiger partial charge in [0, 0.05) is 22.1 Å². The third-order valence-electron chi connectivity index (χ3n) is 11.5. The SMILES string of the molecule is C1=CC(N(c2ccccc2)c2ccc3oc4ccc(-c5ccccc5)cc4c3c2)CC=C1c1cccc([Si](c2ccccc2)(c2ccccc2)c2ccccc2)c1. The van der Waals surface area contributed by atoms with Crippen LogP contribution in [0, 0.1) is 0 Å². The number of rotatable bonds is 9. The van der Waals surface area contributed by atoms with Crippen molar-refractivity contribution >= 4 is 67.7 Å². The van der Waals surface area contributed by atoms with Crippen LogP contribution in [0.25, 0.3) is 38.6 Å². The van der Waals surface area contributed by atoms with Crippen molar-refractivity contribution in [2.45, 2.75) is 12.5 Å². The van der Waals surface area contributed by atoms with Crippen molar-refractivity contribution in [3.05, 3.63) is 236 Å². The highest BCUT2D eigenvalue weighted by atomic mass is 28.3. The molecule has 0 amide bonds. The van der Waals surface area contributed by atoms with E-state index in [4.69, 9.17) is 4.42 Å². The van der Waals surface area contributed by atoms with Crippen molar-refractivity contribution in [2.24, 2.45) is 0 Å². The van der Waals surface area contributed by atoms with Gasteiger partial charge in [-0.2, -0.15) is 0 Å². The van der Waals surface area contributed by atoms with Gasteiger partial charge < -0.3 is 9.32 Å². The molecule has 0 saturated carbocycles. The molecule has 1 aromatic heterocycles. The predicted molar refractivity (Wildman–Crippen MR) is 243 cm³/mol. The van der Waals surface area contributed by atoms with Crippen LogP contribution in [-0.4, -0.2) is 14.1 Å². The molecule has 1 heterocycles. The summed E-state index contributed by atoms with van der Waals surface area (Å²) in [6.07, 6.45) is 8.01. The zero-order chi connectivity index (χ0) is 38.0. The quantitative estimate of drug-likeness (QED) is 0.108. The minimum absolute atomic E-state index is 0.126. The Kier molecular flexibility index (Phi) is 9.06. The molecule has 9 aromatic rings. The molecule has 1 unspecified atom stereocenters. The van der Waals surface area contributed by atoms with E-state index < -0.39 is 8.07 Å². The molecule has 8 aromatic carbocycles. The van der Waals surface area contributed by atoms with Crippen LogP contribution in [0.1, 0.15) is 12.0 Å². The normalized spacial score (nSPS) is 14.1. The van der Waals surface area contributed by atoms with Gasteiger partial charge in [-0.25, -0.2) is 0 Å². The fourth-order valence-electron chi connectivity index (χ4n) is 8.86. The topological polar surface area (TPSA) is 16.4 Å². The highest BCUT2D eigenvalue weighted by molar-refractivity contribution is 7.19. The molecule has 1 aliphatic rings. The van der Waals surface area contributed by atoms with E-state index in [9.17, 15) is 0 Å². The van der Waals surface area contributed by atoms with E-state index >= 15 is 0 Å². The van der Waals surface area contributed by atoms with Gasteiger partial charge in [0.05, 0.1) is 6.04 Å². The molecule has 57 heavy (non-hydrogen) atoms. The summed E-state index contributed by atoms with van der Waals surface area (Å²) in [6, 6.07) is 77.4. The summed E-state index contributed by atoms with van der Waals surface area (Å²) < 4.78 is 6.37. The molecule has 0 spiro atoms. The summed E-state index contributed by atoms with van der Waals surface area (Å²) in [5.74, 6) is 0. The highest BCUT2D eigenvalue weighted by Gasteiger charge is 2.41. The van der Waals surface area contributed by atoms with Crippen LogP contribution in [-0.2, 0) is 0 Å². The Morgan fingerprint density at radius 3 is 1.54 bits per heavy atom. The number of furan rings is 1. The van der Waals surface area contributed by atoms with Crippen molar-refractivity contribution < 1.29 is 4.42 Å². The molecule has 2 nitrogen and oxygen atoms in total. The summed E-state index contributed by atoms with van der Waals surface area (Å²) in [6.45, 7) is 0. The van der Waals surface area contributed by atoms with E-state index in [0.29, 0.717) is 0 Å². The smallest absolute Gasteiger partial charge is 0.179 e. The van der Waals surface area contributed by atoms with Gasteiger partial charge in [-0.15, -0.1) is 0 Å². The highest BCUT2D eigenvalue weighted by Crippen LogP contribution is 2.38. The van der Waals surface area contributed by atoms with E-state index in [2.05, 4.69) is 235 Å². The van der Waals surface area contributed by atoms with Gasteiger partial charge in [0.15, 0.2) is 8.07 Å². The molecule has 3 heteroatoms. The zero-order valence-corrected chi connectivity index (χ0v) is 32.6. The standard InChI is InChI=1S/C54H41NOSi/c1-6-17-40(18-7-1)43-31-35-53-51(38-43)52-39-46(34-36-54(52)56-53)55(44-20-8-2-9-21-44)45-32-29-41(30-33-45)42-19-16-28-50(37-42)57(47-22-10-3-11-23-47,48-24-12-4-13-25-48)49-26-14-5-15-27-49/h1-32,34-39,45H,33H2. The lowest BCUT2D eigenvalue weighted by Gasteiger charge is -2.35. The van der Waals surface area contributed by atoms with Crippen molar-refractivity contribution in [1.82, 2.24) is 0 Å². The van der Waals surface area contributed by atoms with Crippen molar-refractivity contribution in [3.63, 3.8) is 0 Å². The number of hydrogen-bond donors (Lipinski definition) is 0. The minimum atomic E-state index is -2.64. The van der Waals surface area contributed by atoms with Gasteiger partial charge in [0.25, 0.3) is 0 Å². The van der Waals surface area contributed by atoms with E-state index in [1.165, 1.54) is 43.0 Å². The minimum Gasteiger partial charge on any atom is -0.456 e. The lowest BCUT2D eigenvalue weighted by Crippen LogP contribution is -2.74. The van der Waals surface area contributed by atoms with Gasteiger partial charge in [-0.1, -0.05) is 188 Å². The molecule has 10 rings (SSSR count). The van der Waals surface area contributed by atoms with Gasteiger partial charge in [0.2, 0.25) is 0 Å². The first kappa shape index (κ1) is 34.5. The van der Waals surface area contributed by atoms with Gasteiger partial charge in [0.1, 0.15) is 11.2 Å². The number of hydrogen-bond acceptors (Lipinski definition) is 2. The lowest BCUT2D eigenvalue weighted by molar-refractivity contribution is 0.669. The van der Waals surface area contributed by atoms with Crippen LogP contribution in [0.3, 0.4) is 0 Å². The molecule has 272 valence electrons. The fraction of sp³-hybridized carbons (Fsp3) is 0.0370. The van der Waals surface area contributed by atoms with Crippen LogP contribution in [0.5, 0.6) is 0 Å². The number of anilines is 2. The molecule has 0 radical (unpaired) electrons. The number of allylic oxidation sites excluding steroid dienone is 2. The Balaban J connectivity index is 1.03. The first-order valence-corrected chi connectivity index (χ1v) is 21.8. The van der Waals surface area contributed by atoms with Gasteiger partial charge in [-0.3, -0.25) is 0 Å². The monoisotopic (exact) mass is 747 g/mol. The van der Waals surface area contributed by atoms with Crippen LogP contribution < -0.4 is 25.6 Å². The number of benzene rings is 8. The summed E-state index contributed by atoms with van der Waals surface area (Å²) in [5, 5.41) is 7.77. The van der Waals surface area contributed by atoms with E-state index in [1.807, 2.05) is 0 Å². The van der Waals surface area contributed by atoms with Crippen LogP contribution in [0.4, 0.5) is 11.4 Å². The van der Waals surface area contributed by atoms with Gasteiger partial charge >= 0.3 is 0 Å². The molecular formula is C54H41NOSi. The molecule has 1 atom stereocenters. The number of fused-ring (bicyclic) bond motifs is 3. The maximum absolute atomic E-state index is 6.37. The van der Waals surface area contributed by atoms with Crippen LogP contribution in [0.15, 0.2) is 235 Å². The first-order chi connectivity index (χ1) is 28.3. The molecule has 0 saturated heterocycles. The van der Waals surface area contributed by atoms with Gasteiger partial charge in [-0.05, 0) is 91.9 Å². The second-order valence-corrected chi connectivity index (χ2v) is 18.6. The van der Waals surface area contributed by atoms with Crippen molar-refractivity contribution in [1.29, 1.82) is 0 Å².